The van der Waals surface area contributed by atoms with Crippen molar-refractivity contribution in [2.45, 2.75) is 5.92 Å². The second-order valence-corrected chi connectivity index (χ2v) is 5.60. The van der Waals surface area contributed by atoms with E-state index in [1.807, 2.05) is 6.07 Å². The van der Waals surface area contributed by atoms with Gasteiger partial charge in [0.1, 0.15) is 5.92 Å². The molecule has 1 atom stereocenters. The van der Waals surface area contributed by atoms with Crippen molar-refractivity contribution in [1.29, 1.82) is 0 Å². The number of ether oxygens (including phenoxy) is 1. The van der Waals surface area contributed by atoms with E-state index in [4.69, 9.17) is 4.74 Å². The second kappa shape index (κ2) is 6.76. The Bertz CT molecular complexity index is 506. The number of aliphatic carboxylic acids is 1. The normalized spacial score (nSPS) is 17.1. The van der Waals surface area contributed by atoms with Crippen LogP contribution in [0.5, 0.6) is 0 Å². The molecule has 0 saturated heterocycles. The lowest BCUT2D eigenvalue weighted by molar-refractivity contribution is -0.138. The van der Waals surface area contributed by atoms with Crippen molar-refractivity contribution in [1.82, 2.24) is 0 Å². The molecule has 6 heteroatoms. The lowest BCUT2D eigenvalue weighted by Crippen LogP contribution is -2.32. The number of amides is 1. The fourth-order valence-electron chi connectivity index (χ4n) is 2.23. The number of methoxy groups -OCH3 is 1. The molecule has 5 nitrogen and oxygen atoms in total. The fourth-order valence-corrected chi connectivity index (χ4v) is 2.99. The quantitative estimate of drug-likeness (QED) is 0.807. The average molecular weight is 295 g/mol. The number of carboxylic acids is 1. The number of hydrogen-bond acceptors (Lipinski definition) is 4. The third-order valence-corrected chi connectivity index (χ3v) is 4.13. The third kappa shape index (κ3) is 3.13. The topological polar surface area (TPSA) is 66.8 Å². The van der Waals surface area contributed by atoms with Gasteiger partial charge in [0.15, 0.2) is 0 Å². The van der Waals surface area contributed by atoms with E-state index in [2.05, 4.69) is 0 Å². The van der Waals surface area contributed by atoms with Gasteiger partial charge < -0.3 is 14.7 Å². The number of hydrogen-bond donors (Lipinski definition) is 1. The summed E-state index contributed by atoms with van der Waals surface area (Å²) < 4.78 is 4.93. The van der Waals surface area contributed by atoms with Crippen molar-refractivity contribution in [3.63, 3.8) is 0 Å². The predicted molar refractivity (Wildman–Crippen MR) is 78.4 cm³/mol. The minimum absolute atomic E-state index is 0.0534. The summed E-state index contributed by atoms with van der Waals surface area (Å²) in [6, 6.07) is 7.20. The van der Waals surface area contributed by atoms with Gasteiger partial charge in [-0.3, -0.25) is 9.59 Å². The first-order valence-electron chi connectivity index (χ1n) is 6.34. The van der Waals surface area contributed by atoms with E-state index in [1.165, 1.54) is 11.8 Å². The number of carboxylic acid groups (broad SMARTS) is 1. The van der Waals surface area contributed by atoms with Crippen molar-refractivity contribution in [3.8, 4) is 0 Å². The van der Waals surface area contributed by atoms with Crippen LogP contribution in [0.15, 0.2) is 24.3 Å². The molecule has 1 unspecified atom stereocenters. The zero-order valence-corrected chi connectivity index (χ0v) is 12.1. The van der Waals surface area contributed by atoms with Gasteiger partial charge in [-0.15, -0.1) is 11.8 Å². The molecule has 0 saturated carbocycles. The zero-order chi connectivity index (χ0) is 14.5. The summed E-state index contributed by atoms with van der Waals surface area (Å²) in [6.07, 6.45) is 0. The van der Waals surface area contributed by atoms with Crippen LogP contribution in [0.4, 0.5) is 5.69 Å². The Kier molecular flexibility index (Phi) is 5.03. The van der Waals surface area contributed by atoms with Crippen LogP contribution in [-0.2, 0) is 14.3 Å². The van der Waals surface area contributed by atoms with E-state index in [9.17, 15) is 14.7 Å². The zero-order valence-electron chi connectivity index (χ0n) is 11.2. The van der Waals surface area contributed by atoms with Gasteiger partial charge in [-0.1, -0.05) is 18.2 Å². The predicted octanol–water partition coefficient (Wildman–Crippen LogP) is 1.58. The van der Waals surface area contributed by atoms with Crippen molar-refractivity contribution in [2.24, 2.45) is 0 Å². The second-order valence-electron chi connectivity index (χ2n) is 4.50. The van der Waals surface area contributed by atoms with Gasteiger partial charge >= 0.3 is 5.97 Å². The monoisotopic (exact) mass is 295 g/mol. The summed E-state index contributed by atoms with van der Waals surface area (Å²) in [7, 11) is 1.62. The molecule has 1 N–H and O–H groups in total. The number of thioether (sulfide) groups is 1. The van der Waals surface area contributed by atoms with E-state index in [-0.39, 0.29) is 12.5 Å². The maximum Gasteiger partial charge on any atom is 0.312 e. The fraction of sp³-hybridized carbons (Fsp3) is 0.429. The number of anilines is 1. The Morgan fingerprint density at radius 2 is 2.20 bits per heavy atom. The van der Waals surface area contributed by atoms with E-state index in [0.29, 0.717) is 12.4 Å². The molecule has 20 heavy (non-hydrogen) atoms. The highest BCUT2D eigenvalue weighted by Gasteiger charge is 2.35. The van der Waals surface area contributed by atoms with Crippen LogP contribution < -0.4 is 4.90 Å². The molecular formula is C14H17NO4S. The number of fused-ring (bicyclic) bond motifs is 1. The maximum atomic E-state index is 12.2. The number of benzene rings is 1. The molecule has 2 rings (SSSR count). The Hall–Kier alpha value is -1.53. The summed E-state index contributed by atoms with van der Waals surface area (Å²) in [6.45, 7) is 0.824. The standard InChI is InChI=1S/C14H17NO4S/c1-19-6-7-20-9-13(16)15-8-11(14(17)18)10-4-2-3-5-12(10)15/h2-5,11H,6-9H2,1H3,(H,17,18). The van der Waals surface area contributed by atoms with Crippen molar-refractivity contribution in [3.05, 3.63) is 29.8 Å². The van der Waals surface area contributed by atoms with Crippen LogP contribution in [0.25, 0.3) is 0 Å². The Morgan fingerprint density at radius 3 is 2.90 bits per heavy atom. The molecule has 0 aromatic heterocycles. The van der Waals surface area contributed by atoms with Crippen LogP contribution in [0, 0.1) is 0 Å². The smallest absolute Gasteiger partial charge is 0.312 e. The van der Waals surface area contributed by atoms with Gasteiger partial charge in [-0.05, 0) is 11.6 Å². The first kappa shape index (κ1) is 14.9. The number of rotatable bonds is 6. The van der Waals surface area contributed by atoms with E-state index >= 15 is 0 Å². The highest BCUT2D eigenvalue weighted by atomic mass is 32.2. The molecule has 1 amide bonds. The molecule has 0 aliphatic carbocycles. The highest BCUT2D eigenvalue weighted by Crippen LogP contribution is 2.36. The first-order valence-corrected chi connectivity index (χ1v) is 7.49. The lowest BCUT2D eigenvalue weighted by Gasteiger charge is -2.17. The molecule has 0 fully saturated rings. The van der Waals surface area contributed by atoms with Gasteiger partial charge in [0, 0.05) is 25.1 Å². The van der Waals surface area contributed by atoms with Crippen molar-refractivity contribution < 1.29 is 19.4 Å². The minimum atomic E-state index is -0.889. The Balaban J connectivity index is 2.06. The number of para-hydroxylation sites is 1. The van der Waals surface area contributed by atoms with Crippen LogP contribution >= 0.6 is 11.8 Å². The maximum absolute atomic E-state index is 12.2. The molecule has 108 valence electrons. The molecule has 0 bridgehead atoms. The minimum Gasteiger partial charge on any atom is -0.481 e. The highest BCUT2D eigenvalue weighted by molar-refractivity contribution is 7.99. The van der Waals surface area contributed by atoms with Gasteiger partial charge in [0.2, 0.25) is 5.91 Å². The van der Waals surface area contributed by atoms with Gasteiger partial charge in [-0.2, -0.15) is 0 Å². The molecule has 0 radical (unpaired) electrons. The average Bonchev–Trinajstić information content (AvgIpc) is 2.83. The SMILES string of the molecule is COCCSCC(=O)N1CC(C(=O)O)c2ccccc21. The van der Waals surface area contributed by atoms with Crippen LogP contribution in [0.2, 0.25) is 0 Å². The summed E-state index contributed by atoms with van der Waals surface area (Å²) >= 11 is 1.49. The summed E-state index contributed by atoms with van der Waals surface area (Å²) in [5.41, 5.74) is 1.44. The number of carbonyl (C=O) groups excluding carboxylic acids is 1. The van der Waals surface area contributed by atoms with E-state index in [0.717, 1.165) is 17.0 Å². The number of carbonyl (C=O) groups is 2. The lowest BCUT2D eigenvalue weighted by atomic mass is 10.0. The summed E-state index contributed by atoms with van der Waals surface area (Å²) in [5, 5.41) is 9.25. The molecule has 1 aliphatic heterocycles. The molecular weight excluding hydrogens is 278 g/mol. The first-order chi connectivity index (χ1) is 9.65. The van der Waals surface area contributed by atoms with E-state index < -0.39 is 11.9 Å². The van der Waals surface area contributed by atoms with E-state index in [1.54, 1.807) is 30.2 Å². The molecule has 1 aromatic rings. The van der Waals surface area contributed by atoms with Crippen LogP contribution in [0.3, 0.4) is 0 Å². The molecule has 1 heterocycles. The molecule has 1 aromatic carbocycles. The molecule has 0 spiro atoms. The largest absolute Gasteiger partial charge is 0.481 e. The van der Waals surface area contributed by atoms with Crippen molar-refractivity contribution >= 4 is 29.3 Å². The number of nitrogens with zero attached hydrogens (tertiary/aromatic N) is 1. The van der Waals surface area contributed by atoms with Crippen LogP contribution in [0.1, 0.15) is 11.5 Å². The van der Waals surface area contributed by atoms with Crippen molar-refractivity contribution in [2.75, 3.05) is 36.7 Å². The Morgan fingerprint density at radius 1 is 1.45 bits per heavy atom. The van der Waals surface area contributed by atoms with Gasteiger partial charge in [0.25, 0.3) is 0 Å². The Labute approximate surface area is 121 Å². The summed E-state index contributed by atoms with van der Waals surface area (Å²) in [4.78, 5) is 25.1. The van der Waals surface area contributed by atoms with Crippen LogP contribution in [-0.4, -0.2) is 48.8 Å². The third-order valence-electron chi connectivity index (χ3n) is 3.22. The summed E-state index contributed by atoms with van der Waals surface area (Å²) in [5.74, 6) is -0.481. The van der Waals surface area contributed by atoms with Gasteiger partial charge in [0.05, 0.1) is 12.4 Å². The van der Waals surface area contributed by atoms with Gasteiger partial charge in [-0.25, -0.2) is 0 Å². The molecule has 1 aliphatic rings.